The second-order valence-electron chi connectivity index (χ2n) is 3.43. The predicted octanol–water partition coefficient (Wildman–Crippen LogP) is 0.363. The van der Waals surface area contributed by atoms with E-state index < -0.39 is 11.8 Å². The summed E-state index contributed by atoms with van der Waals surface area (Å²) in [6, 6.07) is 1.45. The van der Waals surface area contributed by atoms with Crippen LogP contribution in [0, 0.1) is 0 Å². The molecule has 2 amide bonds. The van der Waals surface area contributed by atoms with E-state index in [0.717, 1.165) is 9.58 Å². The van der Waals surface area contributed by atoms with Gasteiger partial charge in [-0.05, 0) is 6.92 Å². The fraction of sp³-hybridized carbons (Fsp3) is 0.200. The number of nitrogens with zero attached hydrogens (tertiary/aromatic N) is 3. The average Bonchev–Trinajstić information content (AvgIpc) is 2.73. The van der Waals surface area contributed by atoms with E-state index in [0.29, 0.717) is 5.57 Å². The summed E-state index contributed by atoms with van der Waals surface area (Å²) in [5, 5.41) is 3.75. The zero-order valence-electron chi connectivity index (χ0n) is 8.80. The van der Waals surface area contributed by atoms with E-state index in [4.69, 9.17) is 0 Å². The van der Waals surface area contributed by atoms with Crippen molar-refractivity contribution in [2.24, 2.45) is 0 Å². The van der Waals surface area contributed by atoms with Crippen LogP contribution in [-0.2, 0) is 9.59 Å². The van der Waals surface area contributed by atoms with Gasteiger partial charge in [0.05, 0.1) is 6.20 Å². The van der Waals surface area contributed by atoms with Crippen LogP contribution in [0.5, 0.6) is 0 Å². The number of aromatic nitrogens is 2. The SMILES string of the molecule is CC(=O)n1nccc1N1C(=O)C=C(C)C1=O. The second kappa shape index (κ2) is 3.41. The van der Waals surface area contributed by atoms with E-state index >= 15 is 0 Å². The number of carbonyl (C=O) groups excluding carboxylic acids is 3. The molecule has 0 atom stereocenters. The zero-order chi connectivity index (χ0) is 11.9. The molecular formula is C10H9N3O3. The molecule has 1 aromatic heterocycles. The Kier molecular flexibility index (Phi) is 2.19. The van der Waals surface area contributed by atoms with Gasteiger partial charge in [0.15, 0.2) is 0 Å². The molecule has 1 aromatic rings. The van der Waals surface area contributed by atoms with E-state index in [9.17, 15) is 14.4 Å². The van der Waals surface area contributed by atoms with Crippen molar-refractivity contribution in [1.82, 2.24) is 9.78 Å². The fourth-order valence-electron chi connectivity index (χ4n) is 1.51. The summed E-state index contributed by atoms with van der Waals surface area (Å²) in [6.45, 7) is 2.86. The third-order valence-corrected chi connectivity index (χ3v) is 2.25. The highest BCUT2D eigenvalue weighted by Gasteiger charge is 2.32. The Hall–Kier alpha value is -2.24. The Bertz CT molecular complexity index is 527. The molecule has 82 valence electrons. The summed E-state index contributed by atoms with van der Waals surface area (Å²) in [6.07, 6.45) is 2.60. The lowest BCUT2D eigenvalue weighted by molar-refractivity contribution is -0.120. The van der Waals surface area contributed by atoms with Gasteiger partial charge in [-0.1, -0.05) is 0 Å². The first-order valence-electron chi connectivity index (χ1n) is 4.64. The molecule has 0 aromatic carbocycles. The number of hydrogen-bond donors (Lipinski definition) is 0. The van der Waals surface area contributed by atoms with Crippen LogP contribution in [0.25, 0.3) is 0 Å². The fourth-order valence-corrected chi connectivity index (χ4v) is 1.51. The normalized spacial score (nSPS) is 15.6. The van der Waals surface area contributed by atoms with Gasteiger partial charge in [-0.2, -0.15) is 9.78 Å². The number of amides is 2. The van der Waals surface area contributed by atoms with Crippen LogP contribution in [0.3, 0.4) is 0 Å². The van der Waals surface area contributed by atoms with Crippen molar-refractivity contribution in [3.63, 3.8) is 0 Å². The molecule has 0 bridgehead atoms. The van der Waals surface area contributed by atoms with E-state index in [1.807, 2.05) is 0 Å². The van der Waals surface area contributed by atoms with Crippen molar-refractivity contribution >= 4 is 23.5 Å². The van der Waals surface area contributed by atoms with Crippen LogP contribution < -0.4 is 4.90 Å². The molecule has 0 fully saturated rings. The van der Waals surface area contributed by atoms with Crippen molar-refractivity contribution < 1.29 is 14.4 Å². The van der Waals surface area contributed by atoms with Gasteiger partial charge >= 0.3 is 0 Å². The summed E-state index contributed by atoms with van der Waals surface area (Å²) in [5.74, 6) is -1.06. The Morgan fingerprint density at radius 2 is 2.06 bits per heavy atom. The Balaban J connectivity index is 2.47. The highest BCUT2D eigenvalue weighted by Crippen LogP contribution is 2.21. The van der Waals surface area contributed by atoms with Crippen LogP contribution >= 0.6 is 0 Å². The highest BCUT2D eigenvalue weighted by atomic mass is 16.2. The Morgan fingerprint density at radius 1 is 1.38 bits per heavy atom. The molecule has 0 radical (unpaired) electrons. The first kappa shape index (κ1) is 10.3. The number of carbonyl (C=O) groups is 3. The van der Waals surface area contributed by atoms with Crippen LogP contribution in [0.4, 0.5) is 5.82 Å². The minimum absolute atomic E-state index is 0.176. The summed E-state index contributed by atoms with van der Waals surface area (Å²) >= 11 is 0. The van der Waals surface area contributed by atoms with Gasteiger partial charge < -0.3 is 0 Å². The van der Waals surface area contributed by atoms with Gasteiger partial charge in [0.2, 0.25) is 5.91 Å². The van der Waals surface area contributed by atoms with Crippen molar-refractivity contribution in [3.8, 4) is 0 Å². The van der Waals surface area contributed by atoms with E-state index in [1.54, 1.807) is 6.92 Å². The van der Waals surface area contributed by atoms with Crippen LogP contribution in [0.15, 0.2) is 23.9 Å². The molecule has 2 heterocycles. The summed E-state index contributed by atoms with van der Waals surface area (Å²) in [4.78, 5) is 35.4. The van der Waals surface area contributed by atoms with Gasteiger partial charge in [-0.3, -0.25) is 14.4 Å². The van der Waals surface area contributed by atoms with E-state index in [1.165, 1.54) is 25.3 Å². The number of hydrogen-bond acceptors (Lipinski definition) is 4. The molecule has 0 spiro atoms. The molecule has 1 aliphatic heterocycles. The molecule has 2 rings (SSSR count). The molecule has 1 aliphatic rings. The Morgan fingerprint density at radius 3 is 2.56 bits per heavy atom. The summed E-state index contributed by atoms with van der Waals surface area (Å²) in [7, 11) is 0. The molecule has 0 saturated heterocycles. The van der Waals surface area contributed by atoms with Gasteiger partial charge in [0.1, 0.15) is 5.82 Å². The van der Waals surface area contributed by atoms with E-state index in [2.05, 4.69) is 5.10 Å². The molecule has 16 heavy (non-hydrogen) atoms. The molecule has 0 aliphatic carbocycles. The maximum atomic E-state index is 11.7. The summed E-state index contributed by atoms with van der Waals surface area (Å²) < 4.78 is 1.02. The third kappa shape index (κ3) is 1.35. The molecule has 6 heteroatoms. The number of imide groups is 1. The quantitative estimate of drug-likeness (QED) is 0.639. The first-order valence-corrected chi connectivity index (χ1v) is 4.64. The topological polar surface area (TPSA) is 72.3 Å². The largest absolute Gasteiger partial charge is 0.273 e. The minimum atomic E-state index is -0.453. The van der Waals surface area contributed by atoms with Crippen molar-refractivity contribution in [1.29, 1.82) is 0 Å². The molecule has 0 saturated carbocycles. The zero-order valence-corrected chi connectivity index (χ0v) is 8.80. The van der Waals surface area contributed by atoms with Gasteiger partial charge in [-0.25, -0.2) is 4.90 Å². The van der Waals surface area contributed by atoms with Gasteiger partial charge in [-0.15, -0.1) is 0 Å². The molecular weight excluding hydrogens is 210 g/mol. The van der Waals surface area contributed by atoms with Crippen LogP contribution in [0.1, 0.15) is 18.6 Å². The third-order valence-electron chi connectivity index (χ3n) is 2.25. The summed E-state index contributed by atoms with van der Waals surface area (Å²) in [5.41, 5.74) is 0.348. The monoisotopic (exact) mass is 219 g/mol. The highest BCUT2D eigenvalue weighted by molar-refractivity contribution is 6.30. The lowest BCUT2D eigenvalue weighted by Gasteiger charge is -2.14. The number of rotatable bonds is 1. The number of anilines is 1. The van der Waals surface area contributed by atoms with Crippen molar-refractivity contribution in [2.45, 2.75) is 13.8 Å². The maximum absolute atomic E-state index is 11.7. The van der Waals surface area contributed by atoms with Crippen molar-refractivity contribution in [2.75, 3.05) is 4.90 Å². The average molecular weight is 219 g/mol. The lowest BCUT2D eigenvalue weighted by Crippen LogP contribution is -2.33. The second-order valence-corrected chi connectivity index (χ2v) is 3.43. The minimum Gasteiger partial charge on any atom is -0.273 e. The first-order chi connectivity index (χ1) is 7.52. The van der Waals surface area contributed by atoms with Crippen LogP contribution in [-0.4, -0.2) is 27.5 Å². The molecule has 0 N–H and O–H groups in total. The molecule has 0 unspecified atom stereocenters. The lowest BCUT2D eigenvalue weighted by atomic mass is 10.3. The predicted molar refractivity (Wildman–Crippen MR) is 54.8 cm³/mol. The van der Waals surface area contributed by atoms with Crippen LogP contribution in [0.2, 0.25) is 0 Å². The van der Waals surface area contributed by atoms with Crippen molar-refractivity contribution in [3.05, 3.63) is 23.9 Å². The smallest absolute Gasteiger partial charge is 0.262 e. The standard InChI is InChI=1S/C10H9N3O3/c1-6-5-9(15)12(10(6)16)8-3-4-11-13(8)7(2)14/h3-5H,1-2H3. The maximum Gasteiger partial charge on any atom is 0.262 e. The Labute approximate surface area is 91.1 Å². The van der Waals surface area contributed by atoms with Gasteiger partial charge in [0, 0.05) is 24.6 Å². The van der Waals surface area contributed by atoms with E-state index in [-0.39, 0.29) is 11.7 Å². The molecule has 6 nitrogen and oxygen atoms in total. The van der Waals surface area contributed by atoms with Gasteiger partial charge in [0.25, 0.3) is 11.8 Å².